The van der Waals surface area contributed by atoms with Gasteiger partial charge in [-0.2, -0.15) is 4.98 Å². The zero-order valence-electron chi connectivity index (χ0n) is 13.0. The summed E-state index contributed by atoms with van der Waals surface area (Å²) in [6.07, 6.45) is 1.61. The first-order valence-electron chi connectivity index (χ1n) is 7.55. The Morgan fingerprint density at radius 3 is 2.24 bits per heavy atom. The van der Waals surface area contributed by atoms with Gasteiger partial charge in [-0.05, 0) is 18.2 Å². The van der Waals surface area contributed by atoms with Crippen molar-refractivity contribution in [2.45, 2.75) is 13.1 Å². The fourth-order valence-corrected chi connectivity index (χ4v) is 2.68. The number of carbonyl (C=O) groups is 2. The molecule has 0 N–H and O–H groups in total. The highest BCUT2D eigenvalue weighted by Gasteiger charge is 2.35. The SMILES string of the molecule is O=C1c2ccccc2C(=O)N1Cc1noc(Cn2ccccc2=O)n1. The summed E-state index contributed by atoms with van der Waals surface area (Å²) in [5.41, 5.74) is 0.543. The van der Waals surface area contributed by atoms with Crippen molar-refractivity contribution >= 4 is 11.8 Å². The molecule has 4 rings (SSSR count). The van der Waals surface area contributed by atoms with Crippen molar-refractivity contribution in [2.75, 3.05) is 0 Å². The lowest BCUT2D eigenvalue weighted by atomic mass is 10.1. The number of carbonyl (C=O) groups excluding carboxylic acids is 2. The Balaban J connectivity index is 1.53. The van der Waals surface area contributed by atoms with Gasteiger partial charge in [0.1, 0.15) is 6.54 Å². The van der Waals surface area contributed by atoms with E-state index in [2.05, 4.69) is 10.1 Å². The molecule has 0 fully saturated rings. The van der Waals surface area contributed by atoms with E-state index in [1.54, 1.807) is 42.6 Å². The molecule has 8 heteroatoms. The second kappa shape index (κ2) is 5.82. The van der Waals surface area contributed by atoms with Gasteiger partial charge in [-0.3, -0.25) is 19.3 Å². The summed E-state index contributed by atoms with van der Waals surface area (Å²) in [4.78, 5) is 41.6. The standard InChI is InChI=1S/C17H12N4O4/c22-15-7-3-4-8-20(15)10-14-18-13(19-25-14)9-21-16(23)11-5-1-2-6-12(11)17(21)24/h1-8H,9-10H2. The number of amides is 2. The largest absolute Gasteiger partial charge is 0.337 e. The number of nitrogens with zero attached hydrogens (tertiary/aromatic N) is 4. The molecule has 2 amide bonds. The molecule has 0 aliphatic carbocycles. The van der Waals surface area contributed by atoms with Gasteiger partial charge in [-0.1, -0.05) is 23.4 Å². The van der Waals surface area contributed by atoms with Crippen LogP contribution in [0.3, 0.4) is 0 Å². The van der Waals surface area contributed by atoms with Gasteiger partial charge in [-0.25, -0.2) is 0 Å². The second-order valence-corrected chi connectivity index (χ2v) is 5.51. The lowest BCUT2D eigenvalue weighted by molar-refractivity contribution is 0.0637. The van der Waals surface area contributed by atoms with Crippen LogP contribution in [0.25, 0.3) is 0 Å². The Bertz CT molecular complexity index is 1000. The molecule has 2 aromatic heterocycles. The van der Waals surface area contributed by atoms with Crippen molar-refractivity contribution in [3.05, 3.63) is 81.9 Å². The predicted molar refractivity (Wildman–Crippen MR) is 84.7 cm³/mol. The van der Waals surface area contributed by atoms with Gasteiger partial charge in [0.15, 0.2) is 5.82 Å². The number of pyridine rings is 1. The van der Waals surface area contributed by atoms with Crippen LogP contribution in [0, 0.1) is 0 Å². The highest BCUT2D eigenvalue weighted by molar-refractivity contribution is 6.21. The van der Waals surface area contributed by atoms with Gasteiger partial charge in [-0.15, -0.1) is 0 Å². The minimum Gasteiger partial charge on any atom is -0.337 e. The Labute approximate surface area is 141 Å². The molecule has 0 atom stereocenters. The predicted octanol–water partition coefficient (Wildman–Crippen LogP) is 1.08. The molecule has 124 valence electrons. The number of aromatic nitrogens is 3. The van der Waals surface area contributed by atoms with Gasteiger partial charge in [0.25, 0.3) is 17.4 Å². The lowest BCUT2D eigenvalue weighted by Gasteiger charge is -2.10. The Morgan fingerprint density at radius 1 is 0.880 bits per heavy atom. The first kappa shape index (κ1) is 15.0. The summed E-state index contributed by atoms with van der Waals surface area (Å²) in [6.45, 7) is 0.0360. The van der Waals surface area contributed by atoms with Crippen molar-refractivity contribution in [3.63, 3.8) is 0 Å². The topological polar surface area (TPSA) is 98.3 Å². The molecule has 1 aliphatic heterocycles. The molecule has 3 heterocycles. The van der Waals surface area contributed by atoms with Crippen LogP contribution in [0.15, 0.2) is 58.0 Å². The minimum absolute atomic E-state index is 0.0838. The third-order valence-corrected chi connectivity index (χ3v) is 3.89. The van der Waals surface area contributed by atoms with E-state index < -0.39 is 0 Å². The molecule has 1 aliphatic rings. The van der Waals surface area contributed by atoms with Crippen molar-refractivity contribution in [1.29, 1.82) is 0 Å². The van der Waals surface area contributed by atoms with Crippen LogP contribution in [0.1, 0.15) is 32.4 Å². The molecule has 0 unspecified atom stereocenters. The summed E-state index contributed by atoms with van der Waals surface area (Å²) in [6, 6.07) is 11.4. The number of hydrogen-bond acceptors (Lipinski definition) is 6. The van der Waals surface area contributed by atoms with E-state index in [0.29, 0.717) is 11.1 Å². The number of imide groups is 1. The van der Waals surface area contributed by atoms with E-state index in [9.17, 15) is 14.4 Å². The first-order chi connectivity index (χ1) is 12.1. The summed E-state index contributed by atoms with van der Waals surface area (Å²) in [5.74, 6) is -0.342. The summed E-state index contributed by atoms with van der Waals surface area (Å²) < 4.78 is 6.53. The molecular formula is C17H12N4O4. The highest BCUT2D eigenvalue weighted by Crippen LogP contribution is 2.23. The van der Waals surface area contributed by atoms with Gasteiger partial charge >= 0.3 is 0 Å². The van der Waals surface area contributed by atoms with Crippen LogP contribution in [0.2, 0.25) is 0 Å². The third kappa shape index (κ3) is 2.63. The zero-order chi connectivity index (χ0) is 17.4. The van der Waals surface area contributed by atoms with Crippen LogP contribution in [0.4, 0.5) is 0 Å². The summed E-state index contributed by atoms with van der Waals surface area (Å²) in [7, 11) is 0. The highest BCUT2D eigenvalue weighted by atomic mass is 16.5. The maximum atomic E-state index is 12.3. The van der Waals surface area contributed by atoms with Gasteiger partial charge < -0.3 is 9.09 Å². The summed E-state index contributed by atoms with van der Waals surface area (Å²) >= 11 is 0. The molecular weight excluding hydrogens is 324 g/mol. The smallest absolute Gasteiger partial charge is 0.261 e. The van der Waals surface area contributed by atoms with Crippen molar-refractivity contribution in [1.82, 2.24) is 19.6 Å². The number of rotatable bonds is 4. The Morgan fingerprint density at radius 2 is 1.56 bits per heavy atom. The molecule has 1 aromatic carbocycles. The molecule has 8 nitrogen and oxygen atoms in total. The monoisotopic (exact) mass is 336 g/mol. The first-order valence-corrected chi connectivity index (χ1v) is 7.55. The number of hydrogen-bond donors (Lipinski definition) is 0. The average Bonchev–Trinajstić information content (AvgIpc) is 3.16. The molecule has 25 heavy (non-hydrogen) atoms. The van der Waals surface area contributed by atoms with Crippen molar-refractivity contribution < 1.29 is 14.1 Å². The average molecular weight is 336 g/mol. The van der Waals surface area contributed by atoms with Crippen LogP contribution in [-0.2, 0) is 13.1 Å². The number of benzene rings is 1. The van der Waals surface area contributed by atoms with Crippen LogP contribution in [0.5, 0.6) is 0 Å². The second-order valence-electron chi connectivity index (χ2n) is 5.51. The van der Waals surface area contributed by atoms with E-state index in [1.807, 2.05) is 0 Å². The lowest BCUT2D eigenvalue weighted by Crippen LogP contribution is -2.29. The van der Waals surface area contributed by atoms with Crippen LogP contribution in [-0.4, -0.2) is 31.4 Å². The molecule has 0 bridgehead atoms. The summed E-state index contributed by atoms with van der Waals surface area (Å²) in [5, 5.41) is 3.79. The van der Waals surface area contributed by atoms with E-state index in [0.717, 1.165) is 4.90 Å². The van der Waals surface area contributed by atoms with E-state index in [1.165, 1.54) is 10.6 Å². The molecule has 0 saturated heterocycles. The molecule has 0 saturated carbocycles. The molecule has 3 aromatic rings. The van der Waals surface area contributed by atoms with Crippen LogP contribution >= 0.6 is 0 Å². The maximum absolute atomic E-state index is 12.3. The molecule has 0 spiro atoms. The zero-order valence-corrected chi connectivity index (χ0v) is 13.0. The fraction of sp³-hybridized carbons (Fsp3) is 0.118. The number of fused-ring (bicyclic) bond motifs is 1. The quantitative estimate of drug-likeness (QED) is 0.661. The third-order valence-electron chi connectivity index (χ3n) is 3.89. The van der Waals surface area contributed by atoms with Crippen molar-refractivity contribution in [2.24, 2.45) is 0 Å². The van der Waals surface area contributed by atoms with Gasteiger partial charge in [0, 0.05) is 12.3 Å². The van der Waals surface area contributed by atoms with E-state index in [-0.39, 0.29) is 42.2 Å². The fourth-order valence-electron chi connectivity index (χ4n) is 2.68. The minimum atomic E-state index is -0.383. The van der Waals surface area contributed by atoms with Gasteiger partial charge in [0.05, 0.1) is 17.7 Å². The van der Waals surface area contributed by atoms with Gasteiger partial charge in [0.2, 0.25) is 5.89 Å². The maximum Gasteiger partial charge on any atom is 0.261 e. The molecule has 0 radical (unpaired) electrons. The Hall–Kier alpha value is -3.55. The normalized spacial score (nSPS) is 13.4. The Kier molecular flexibility index (Phi) is 3.50. The van der Waals surface area contributed by atoms with E-state index >= 15 is 0 Å². The van der Waals surface area contributed by atoms with E-state index in [4.69, 9.17) is 4.52 Å². The van der Waals surface area contributed by atoms with Crippen molar-refractivity contribution in [3.8, 4) is 0 Å². The van der Waals surface area contributed by atoms with Crippen LogP contribution < -0.4 is 5.56 Å².